The van der Waals surface area contributed by atoms with E-state index >= 15 is 0 Å². The zero-order chi connectivity index (χ0) is 75.2. The summed E-state index contributed by atoms with van der Waals surface area (Å²) in [5.41, 5.74) is 19.4. The summed E-state index contributed by atoms with van der Waals surface area (Å²) in [7, 11) is 0. The molecular weight excluding hydrogens is 1430 g/mol. The largest absolute Gasteiger partial charge is 0.469 e. The first-order valence-electron chi connectivity index (χ1n) is 34.6. The number of furan rings is 3. The zero-order valence-corrected chi connectivity index (χ0v) is 76.7. The smallest absolute Gasteiger partial charge is 0.112 e. The Labute approximate surface area is 621 Å². The molecule has 0 aliphatic carbocycles. The fraction of sp³-hybridized carbons (Fsp3) is 0.586. The summed E-state index contributed by atoms with van der Waals surface area (Å²) in [6.07, 6.45) is 3.58. The predicted octanol–water partition coefficient (Wildman–Crippen LogP) is 27.6. The van der Waals surface area contributed by atoms with E-state index in [1.165, 1.54) is 86.3 Å². The van der Waals surface area contributed by atoms with E-state index in [0.717, 1.165) is 23.0 Å². The normalized spacial score (nSPS) is 12.1. The van der Waals surface area contributed by atoms with E-state index in [9.17, 15) is 0 Å². The number of hydrogen-bond acceptors (Lipinski definition) is 6. The van der Waals surface area contributed by atoms with E-state index in [2.05, 4.69) is 335 Å². The molecule has 0 radical (unpaired) electrons. The third-order valence-electron chi connectivity index (χ3n) is 15.7. The molecule has 9 rings (SSSR count). The van der Waals surface area contributed by atoms with Crippen LogP contribution in [0.1, 0.15) is 314 Å². The molecule has 0 saturated carbocycles. The predicted molar refractivity (Wildman–Crippen MR) is 439 cm³/mol. The molecule has 0 aliphatic rings. The first kappa shape index (κ1) is 90.9. The molecule has 0 spiro atoms. The van der Waals surface area contributed by atoms with Crippen molar-refractivity contribution in [3.05, 3.63) is 197 Å². The fourth-order valence-electron chi connectivity index (χ4n) is 11.3. The quantitative estimate of drug-likeness (QED) is 0.142. The molecule has 3 nitrogen and oxygen atoms in total. The minimum Gasteiger partial charge on any atom is -0.469 e. The Kier molecular flexibility index (Phi) is 34.8. The van der Waals surface area contributed by atoms with Crippen LogP contribution >= 0.6 is 34.0 Å². The summed E-state index contributed by atoms with van der Waals surface area (Å²) in [6, 6.07) is 13.1. The third-order valence-corrected chi connectivity index (χ3v) is 30.1. The topological polar surface area (TPSA) is 39.4 Å². The van der Waals surface area contributed by atoms with Crippen LogP contribution in [-0.4, -0.2) is 43.5 Å². The summed E-state index contributed by atoms with van der Waals surface area (Å²) < 4.78 is 22.9. The van der Waals surface area contributed by atoms with Gasteiger partial charge in [0.25, 0.3) is 0 Å². The molecule has 0 N–H and O–H groups in total. The van der Waals surface area contributed by atoms with Gasteiger partial charge in [-0.25, -0.2) is 0 Å². The molecule has 9 aromatic heterocycles. The maximum absolute atomic E-state index is 5.58. The van der Waals surface area contributed by atoms with Gasteiger partial charge in [0.1, 0.15) is 23.0 Å². The van der Waals surface area contributed by atoms with E-state index in [4.69, 9.17) is 13.3 Å². The molecule has 0 aliphatic heterocycles. The summed E-state index contributed by atoms with van der Waals surface area (Å²) in [4.78, 5) is 10.7. The molecule has 0 saturated heterocycles. The number of hydrogen-bond donors (Lipinski definition) is 0. The molecule has 540 valence electrons. The zero-order valence-electron chi connectivity index (χ0n) is 69.1. The van der Waals surface area contributed by atoms with Crippen molar-refractivity contribution in [2.45, 2.75) is 340 Å². The maximum atomic E-state index is 5.58. The van der Waals surface area contributed by atoms with E-state index < -0.39 is 0 Å². The Balaban J connectivity index is 0.000000540. The van der Waals surface area contributed by atoms with Gasteiger partial charge in [-0.1, -0.05) is 125 Å². The molecule has 96 heavy (non-hydrogen) atoms. The van der Waals surface area contributed by atoms with Gasteiger partial charge in [0, 0.05) is 35.8 Å². The second-order valence-electron chi connectivity index (χ2n) is 35.8. The standard InChI is InChI=1S/2C10H16O.2C10H16S.2C10H16Se.C9H14O.C9H14S.C9H14Se/c1-7-6-11-9(8(7)2)10(3,4)5;1-7-6-8(2)11-9(7)10(3,4)5;1-7-6-11-9(8(7)2)10(3,4)5;1-7-6-8(2)11-9(7)10(3,4)5;1-7-6-11-9(8(7)2)10(3,4)5;1-7-6-8(2)11-9(7)10(3,4)5;3*1-7-5-6-10-8(7)9(2,3)4/h6*6H,1-5H3;3*5-6H,1-4H3. The average Bonchev–Trinajstić information content (AvgIpc) is 1.75. The van der Waals surface area contributed by atoms with Gasteiger partial charge in [-0.2, -0.15) is 0 Å². The van der Waals surface area contributed by atoms with Gasteiger partial charge in [-0.05, 0) is 165 Å². The minimum absolute atomic E-state index is 0.137. The Morgan fingerprint density at radius 2 is 0.833 bits per heavy atom. The van der Waals surface area contributed by atoms with Crippen LogP contribution in [0.2, 0.25) is 0 Å². The second kappa shape index (κ2) is 36.7. The van der Waals surface area contributed by atoms with Crippen molar-refractivity contribution < 1.29 is 13.3 Å². The van der Waals surface area contributed by atoms with E-state index in [1.54, 1.807) is 24.0 Å². The molecule has 0 amide bonds. The van der Waals surface area contributed by atoms with Crippen molar-refractivity contribution in [2.24, 2.45) is 0 Å². The monoisotopic (exact) mass is 1570 g/mol. The van der Waals surface area contributed by atoms with Crippen LogP contribution in [-0.2, 0) is 48.7 Å². The number of aryl methyl sites for hydroxylation is 12. The third kappa shape index (κ3) is 30.3. The molecule has 0 fully saturated rings. The molecular formula is C87H138O3S3Se3. The SMILES string of the molecule is Cc1c[se]c(C(C)(C)C)c1C.Cc1cc(C)c(C(C)(C)C)[se]1.Cc1cc(C)c(C(C)(C)C)o1.Cc1cc(C)c(C(C)(C)C)s1.Cc1cc[se]c1C(C)(C)C.Cc1ccoc1C(C)(C)C.Cc1ccsc1C(C)(C)C.Cc1coc(C(C)(C)C)c1C.Cc1csc(C(C)(C)C)c1C. The van der Waals surface area contributed by atoms with Crippen molar-refractivity contribution >= 4 is 77.5 Å². The van der Waals surface area contributed by atoms with Crippen LogP contribution < -0.4 is 0 Å². The molecule has 0 aromatic carbocycles. The molecule has 9 heterocycles. The molecule has 0 unspecified atom stereocenters. The van der Waals surface area contributed by atoms with Crippen LogP contribution in [0.25, 0.3) is 0 Å². The minimum atomic E-state index is 0.137. The van der Waals surface area contributed by atoms with Gasteiger partial charge in [0.2, 0.25) is 0 Å². The van der Waals surface area contributed by atoms with Gasteiger partial charge in [-0.15, -0.1) is 34.0 Å². The molecule has 9 heteroatoms. The maximum Gasteiger partial charge on any atom is 0.112 e. The Bertz CT molecular complexity index is 3280. The van der Waals surface area contributed by atoms with E-state index in [0.29, 0.717) is 76.0 Å². The summed E-state index contributed by atoms with van der Waals surface area (Å²) in [6.45, 7) is 93.0. The summed E-state index contributed by atoms with van der Waals surface area (Å²) in [5, 5.41) is 4.41. The van der Waals surface area contributed by atoms with Crippen LogP contribution in [0.15, 0.2) is 82.8 Å². The summed E-state index contributed by atoms with van der Waals surface area (Å²) in [5.74, 6) is 4.31. The Morgan fingerprint density at radius 3 is 1.02 bits per heavy atom. The molecule has 0 bridgehead atoms. The van der Waals surface area contributed by atoms with Gasteiger partial charge in [0.05, 0.1) is 12.5 Å². The number of rotatable bonds is 0. The first-order valence-corrected chi connectivity index (χ1v) is 42.6. The molecule has 0 atom stereocenters. The van der Waals surface area contributed by atoms with Crippen molar-refractivity contribution in [1.29, 1.82) is 0 Å². The van der Waals surface area contributed by atoms with Crippen LogP contribution in [0.4, 0.5) is 0 Å². The van der Waals surface area contributed by atoms with E-state index in [1.807, 2.05) is 53.3 Å². The Hall–Kier alpha value is -3.06. The van der Waals surface area contributed by atoms with Crippen LogP contribution in [0, 0.1) is 104 Å². The van der Waals surface area contributed by atoms with Crippen LogP contribution in [0.3, 0.4) is 0 Å². The Morgan fingerprint density at radius 1 is 0.333 bits per heavy atom. The van der Waals surface area contributed by atoms with Gasteiger partial charge in [-0.3, -0.25) is 0 Å². The van der Waals surface area contributed by atoms with Crippen molar-refractivity contribution in [3.63, 3.8) is 0 Å². The average molecular weight is 1570 g/mol. The van der Waals surface area contributed by atoms with Gasteiger partial charge >= 0.3 is 219 Å². The molecule has 9 aromatic rings. The van der Waals surface area contributed by atoms with Crippen molar-refractivity contribution in [1.82, 2.24) is 0 Å². The first-order chi connectivity index (χ1) is 43.1. The second-order valence-corrected chi connectivity index (χ2v) is 45.2. The van der Waals surface area contributed by atoms with Gasteiger partial charge < -0.3 is 13.3 Å². The fourth-order valence-corrected chi connectivity index (χ4v) is 21.4. The number of thiophene rings is 3. The van der Waals surface area contributed by atoms with Crippen molar-refractivity contribution in [2.75, 3.05) is 0 Å². The van der Waals surface area contributed by atoms with Crippen LogP contribution in [0.5, 0.6) is 0 Å². The van der Waals surface area contributed by atoms with Gasteiger partial charge in [0.15, 0.2) is 0 Å². The summed E-state index contributed by atoms with van der Waals surface area (Å²) >= 11 is 7.57. The van der Waals surface area contributed by atoms with E-state index in [-0.39, 0.29) is 16.2 Å². The van der Waals surface area contributed by atoms with Crippen molar-refractivity contribution in [3.8, 4) is 0 Å².